The van der Waals surface area contributed by atoms with Gasteiger partial charge in [0, 0.05) is 29.6 Å². The van der Waals surface area contributed by atoms with Crippen molar-refractivity contribution in [3.8, 4) is 0 Å². The number of H-pyrrole nitrogens is 1. The van der Waals surface area contributed by atoms with Gasteiger partial charge in [0.2, 0.25) is 0 Å². The Morgan fingerprint density at radius 1 is 1.10 bits per heavy atom. The van der Waals surface area contributed by atoms with Gasteiger partial charge >= 0.3 is 5.97 Å². The van der Waals surface area contributed by atoms with Crippen LogP contribution in [0, 0.1) is 0 Å². The summed E-state index contributed by atoms with van der Waals surface area (Å²) in [6, 6.07) is 13.4. The molecule has 0 bridgehead atoms. The zero-order chi connectivity index (χ0) is 21.8. The van der Waals surface area contributed by atoms with Gasteiger partial charge in [-0.3, -0.25) is 9.59 Å². The van der Waals surface area contributed by atoms with Gasteiger partial charge in [0.1, 0.15) is 6.04 Å². The Labute approximate surface area is 184 Å². The molecule has 160 valence electrons. The summed E-state index contributed by atoms with van der Waals surface area (Å²) < 4.78 is 5.21. The molecular formula is C23H22ClN3O4. The molecule has 1 atom stereocenters. The molecule has 1 fully saturated rings. The van der Waals surface area contributed by atoms with Crippen LogP contribution in [0.2, 0.25) is 5.02 Å². The highest BCUT2D eigenvalue weighted by atomic mass is 35.5. The van der Waals surface area contributed by atoms with E-state index in [0.29, 0.717) is 0 Å². The first kappa shape index (κ1) is 20.9. The van der Waals surface area contributed by atoms with Crippen molar-refractivity contribution in [2.45, 2.75) is 31.3 Å². The van der Waals surface area contributed by atoms with Crippen LogP contribution in [0.4, 0.5) is 0 Å². The van der Waals surface area contributed by atoms with Gasteiger partial charge < -0.3 is 20.4 Å². The number of rotatable bonds is 8. The fourth-order valence-corrected chi connectivity index (χ4v) is 3.55. The maximum Gasteiger partial charge on any atom is 0.329 e. The number of esters is 1. The highest BCUT2D eigenvalue weighted by molar-refractivity contribution is 6.33. The number of carbonyl (C=O) groups is 3. The Morgan fingerprint density at radius 2 is 1.84 bits per heavy atom. The third-order valence-electron chi connectivity index (χ3n) is 5.10. The highest BCUT2D eigenvalue weighted by Gasteiger charge is 2.27. The van der Waals surface area contributed by atoms with Crippen molar-refractivity contribution in [3.63, 3.8) is 0 Å². The van der Waals surface area contributed by atoms with E-state index in [0.717, 1.165) is 29.3 Å². The average molecular weight is 440 g/mol. The first-order valence-corrected chi connectivity index (χ1v) is 10.5. The van der Waals surface area contributed by atoms with Crippen molar-refractivity contribution in [2.75, 3.05) is 6.61 Å². The molecule has 1 heterocycles. The van der Waals surface area contributed by atoms with E-state index < -0.39 is 17.9 Å². The summed E-state index contributed by atoms with van der Waals surface area (Å²) in [5.74, 6) is -1.52. The van der Waals surface area contributed by atoms with E-state index >= 15 is 0 Å². The first-order valence-electron chi connectivity index (χ1n) is 10.1. The molecule has 0 saturated heterocycles. The van der Waals surface area contributed by atoms with Gasteiger partial charge in [-0.1, -0.05) is 41.9 Å². The number of nitrogens with one attached hydrogen (secondary N) is 3. The number of hydrogen-bond donors (Lipinski definition) is 3. The number of halogens is 1. The lowest BCUT2D eigenvalue weighted by atomic mass is 10.0. The molecule has 0 radical (unpaired) electrons. The lowest BCUT2D eigenvalue weighted by Crippen LogP contribution is -2.44. The lowest BCUT2D eigenvalue weighted by molar-refractivity contribution is -0.150. The summed E-state index contributed by atoms with van der Waals surface area (Å²) in [6.07, 6.45) is 3.88. The van der Waals surface area contributed by atoms with Crippen LogP contribution < -0.4 is 10.6 Å². The van der Waals surface area contributed by atoms with Crippen LogP contribution in [-0.4, -0.2) is 41.5 Å². The van der Waals surface area contributed by atoms with Crippen LogP contribution in [0.5, 0.6) is 0 Å². The van der Waals surface area contributed by atoms with Gasteiger partial charge in [0.25, 0.3) is 11.8 Å². The monoisotopic (exact) mass is 439 g/mol. The summed E-state index contributed by atoms with van der Waals surface area (Å²) >= 11 is 6.13. The summed E-state index contributed by atoms with van der Waals surface area (Å²) in [6.45, 7) is -0.387. The lowest BCUT2D eigenvalue weighted by Gasteiger charge is -2.18. The molecule has 1 aliphatic rings. The largest absolute Gasteiger partial charge is 0.454 e. The van der Waals surface area contributed by atoms with Gasteiger partial charge in [-0.15, -0.1) is 0 Å². The van der Waals surface area contributed by atoms with E-state index in [9.17, 15) is 14.4 Å². The van der Waals surface area contributed by atoms with Gasteiger partial charge in [0.15, 0.2) is 6.61 Å². The van der Waals surface area contributed by atoms with Gasteiger partial charge in [-0.05, 0) is 36.6 Å². The number of amides is 2. The average Bonchev–Trinajstić information content (AvgIpc) is 3.49. The number of carbonyl (C=O) groups excluding carboxylic acids is 3. The fourth-order valence-electron chi connectivity index (χ4n) is 3.33. The third kappa shape index (κ3) is 5.24. The second-order valence-corrected chi connectivity index (χ2v) is 7.93. The number of fused-ring (bicyclic) bond motifs is 1. The Balaban J connectivity index is 1.50. The summed E-state index contributed by atoms with van der Waals surface area (Å²) in [5.41, 5.74) is 2.03. The summed E-state index contributed by atoms with van der Waals surface area (Å²) in [7, 11) is 0. The third-order valence-corrected chi connectivity index (χ3v) is 5.42. The molecule has 3 aromatic rings. The molecule has 1 saturated carbocycles. The molecule has 2 aromatic carbocycles. The van der Waals surface area contributed by atoms with Crippen molar-refractivity contribution in [3.05, 3.63) is 70.9 Å². The van der Waals surface area contributed by atoms with Crippen LogP contribution in [0.1, 0.15) is 28.8 Å². The van der Waals surface area contributed by atoms with Gasteiger partial charge in [0.05, 0.1) is 10.6 Å². The van der Waals surface area contributed by atoms with E-state index in [-0.39, 0.29) is 35.6 Å². The normalized spacial score (nSPS) is 14.1. The van der Waals surface area contributed by atoms with Gasteiger partial charge in [-0.25, -0.2) is 4.79 Å². The van der Waals surface area contributed by atoms with Crippen LogP contribution in [0.25, 0.3) is 10.9 Å². The fraction of sp³-hybridized carbons (Fsp3) is 0.261. The molecule has 31 heavy (non-hydrogen) atoms. The number of ether oxygens (including phenoxy) is 1. The van der Waals surface area contributed by atoms with Crippen molar-refractivity contribution in [2.24, 2.45) is 0 Å². The number of aromatic nitrogens is 1. The Kier molecular flexibility index (Phi) is 6.23. The quantitative estimate of drug-likeness (QED) is 0.470. The minimum Gasteiger partial charge on any atom is -0.454 e. The first-order chi connectivity index (χ1) is 15.0. The van der Waals surface area contributed by atoms with Crippen LogP contribution in [-0.2, 0) is 20.7 Å². The topological polar surface area (TPSA) is 100 Å². The number of hydrogen-bond acceptors (Lipinski definition) is 4. The predicted molar refractivity (Wildman–Crippen MR) is 117 cm³/mol. The number of para-hydroxylation sites is 1. The van der Waals surface area contributed by atoms with E-state index in [4.69, 9.17) is 16.3 Å². The van der Waals surface area contributed by atoms with Crippen LogP contribution in [0.3, 0.4) is 0 Å². The van der Waals surface area contributed by atoms with Crippen molar-refractivity contribution >= 4 is 40.3 Å². The summed E-state index contributed by atoms with van der Waals surface area (Å²) in [5, 5.41) is 6.70. The molecule has 1 aliphatic carbocycles. The van der Waals surface area contributed by atoms with Crippen molar-refractivity contribution in [1.29, 1.82) is 0 Å². The zero-order valence-electron chi connectivity index (χ0n) is 16.7. The maximum atomic E-state index is 12.8. The minimum atomic E-state index is -0.989. The molecule has 3 N–H and O–H groups in total. The second kappa shape index (κ2) is 9.22. The predicted octanol–water partition coefficient (Wildman–Crippen LogP) is 2.98. The summed E-state index contributed by atoms with van der Waals surface area (Å²) in [4.78, 5) is 40.6. The van der Waals surface area contributed by atoms with E-state index in [2.05, 4.69) is 15.6 Å². The minimum absolute atomic E-state index is 0.174. The maximum absolute atomic E-state index is 12.8. The van der Waals surface area contributed by atoms with Crippen LogP contribution >= 0.6 is 11.6 Å². The molecule has 1 aromatic heterocycles. The van der Waals surface area contributed by atoms with Crippen molar-refractivity contribution < 1.29 is 19.1 Å². The zero-order valence-corrected chi connectivity index (χ0v) is 17.4. The molecule has 7 nitrogen and oxygen atoms in total. The van der Waals surface area contributed by atoms with E-state index in [1.807, 2.05) is 24.3 Å². The van der Waals surface area contributed by atoms with E-state index in [1.54, 1.807) is 30.5 Å². The number of benzene rings is 2. The molecule has 4 rings (SSSR count). The Hall–Kier alpha value is -3.32. The van der Waals surface area contributed by atoms with Gasteiger partial charge in [-0.2, -0.15) is 0 Å². The molecule has 0 unspecified atom stereocenters. The Bertz CT molecular complexity index is 1120. The molecule has 2 amide bonds. The SMILES string of the molecule is O=C(COC(=O)[C@@H](Cc1c[nH]c2ccccc12)NC(=O)c1ccccc1Cl)NC1CC1. The van der Waals surface area contributed by atoms with E-state index in [1.165, 1.54) is 0 Å². The smallest absolute Gasteiger partial charge is 0.329 e. The molecule has 0 spiro atoms. The standard InChI is InChI=1S/C23H22ClN3O4/c24-18-7-3-1-6-17(18)22(29)27-20(23(30)31-13-21(28)26-15-9-10-15)11-14-12-25-19-8-4-2-5-16(14)19/h1-8,12,15,20,25H,9-11,13H2,(H,26,28)(H,27,29)/t20-/m1/s1. The Morgan fingerprint density at radius 3 is 2.61 bits per heavy atom. The van der Waals surface area contributed by atoms with Crippen LogP contribution in [0.15, 0.2) is 54.7 Å². The highest BCUT2D eigenvalue weighted by Crippen LogP contribution is 2.21. The molecule has 8 heteroatoms. The number of aromatic amines is 1. The van der Waals surface area contributed by atoms with Crippen molar-refractivity contribution in [1.82, 2.24) is 15.6 Å². The second-order valence-electron chi connectivity index (χ2n) is 7.52. The molecular weight excluding hydrogens is 418 g/mol. The molecule has 0 aliphatic heterocycles.